The Morgan fingerprint density at radius 3 is 2.50 bits per heavy atom. The minimum absolute atomic E-state index is 0.472. The summed E-state index contributed by atoms with van der Waals surface area (Å²) in [5, 5.41) is 26.5. The van der Waals surface area contributed by atoms with Gasteiger partial charge < -0.3 is 24.8 Å². The molecule has 0 spiro atoms. The zero-order valence-corrected chi connectivity index (χ0v) is 12.5. The zero-order chi connectivity index (χ0) is 16.1. The van der Waals surface area contributed by atoms with Crippen molar-refractivity contribution < 1.29 is 34.4 Å². The van der Waals surface area contributed by atoms with Crippen LogP contribution in [0, 0.1) is 0 Å². The molecule has 2 atom stereocenters. The number of para-hydroxylation sites is 1. The first-order valence-electron chi connectivity index (χ1n) is 5.92. The number of hydrogen-bond acceptors (Lipinski definition) is 8. The molecule has 0 saturated heterocycles. The van der Waals surface area contributed by atoms with Crippen LogP contribution in [0.5, 0.6) is 0 Å². The summed E-state index contributed by atoms with van der Waals surface area (Å²) in [7, 11) is 0. The van der Waals surface area contributed by atoms with Crippen molar-refractivity contribution in [3.05, 3.63) is 24.3 Å². The van der Waals surface area contributed by atoms with Gasteiger partial charge in [0, 0.05) is 0 Å². The van der Waals surface area contributed by atoms with E-state index in [1.54, 1.807) is 6.07 Å². The molecule has 22 heavy (non-hydrogen) atoms. The molecular formula is C12H11NO7S2. The van der Waals surface area contributed by atoms with E-state index in [1.165, 1.54) is 11.3 Å². The highest BCUT2D eigenvalue weighted by molar-refractivity contribution is 8.01. The van der Waals surface area contributed by atoms with Crippen molar-refractivity contribution in [2.75, 3.05) is 6.61 Å². The highest BCUT2D eigenvalue weighted by Crippen LogP contribution is 2.34. The second-order valence-corrected chi connectivity index (χ2v) is 6.30. The Labute approximate surface area is 132 Å². The molecule has 3 N–H and O–H groups in total. The molecule has 0 fully saturated rings. The van der Waals surface area contributed by atoms with Crippen molar-refractivity contribution in [2.45, 2.75) is 15.9 Å². The second kappa shape index (κ2) is 7.29. The largest absolute Gasteiger partial charge is 0.507 e. The third-order valence-corrected chi connectivity index (χ3v) is 4.74. The van der Waals surface area contributed by atoms with Gasteiger partial charge in [-0.2, -0.15) is 0 Å². The normalized spacial score (nSPS) is 13.5. The Kier molecular flexibility index (Phi) is 5.41. The summed E-state index contributed by atoms with van der Waals surface area (Å²) in [6, 6.07) is 7.29. The van der Waals surface area contributed by atoms with Crippen molar-refractivity contribution in [3.63, 3.8) is 0 Å². The number of ether oxygens (including phenoxy) is 2. The van der Waals surface area contributed by atoms with Gasteiger partial charge in [0.05, 0.1) is 16.8 Å². The van der Waals surface area contributed by atoms with Crippen LogP contribution >= 0.6 is 23.1 Å². The number of aromatic nitrogens is 1. The molecule has 1 heterocycles. The predicted octanol–water partition coefficient (Wildman–Crippen LogP) is 2.46. The van der Waals surface area contributed by atoms with Crippen LogP contribution in [0.25, 0.3) is 10.2 Å². The Morgan fingerprint density at radius 1 is 1.23 bits per heavy atom. The first-order valence-corrected chi connectivity index (χ1v) is 7.61. The number of benzene rings is 1. The average molecular weight is 345 g/mol. The molecule has 0 bridgehead atoms. The number of nitrogens with zero attached hydrogens (tertiary/aromatic N) is 1. The molecule has 1 aromatic heterocycles. The summed E-state index contributed by atoms with van der Waals surface area (Å²) in [5.74, 6) is 0. The molecular weight excluding hydrogens is 334 g/mol. The number of hydrogen-bond donors (Lipinski definition) is 3. The summed E-state index contributed by atoms with van der Waals surface area (Å²) in [4.78, 5) is 25.6. The molecule has 0 aliphatic heterocycles. The summed E-state index contributed by atoms with van der Waals surface area (Å²) in [6.07, 6.45) is -4.60. The molecule has 0 aliphatic carbocycles. The Morgan fingerprint density at radius 2 is 1.91 bits per heavy atom. The predicted molar refractivity (Wildman–Crippen MR) is 78.4 cm³/mol. The van der Waals surface area contributed by atoms with Gasteiger partial charge in [-0.25, -0.2) is 14.6 Å². The molecule has 118 valence electrons. The van der Waals surface area contributed by atoms with E-state index in [0.717, 1.165) is 22.0 Å². The van der Waals surface area contributed by atoms with E-state index in [4.69, 9.17) is 10.2 Å². The lowest BCUT2D eigenvalue weighted by atomic mass is 10.3. The van der Waals surface area contributed by atoms with Gasteiger partial charge in [-0.15, -0.1) is 11.3 Å². The SMILES string of the molecule is O=C(O)OC(CO)C(OC(=O)O)Sc1nc2ccccc2s1. The number of thiazole rings is 1. The lowest BCUT2D eigenvalue weighted by molar-refractivity contribution is -0.0287. The zero-order valence-electron chi connectivity index (χ0n) is 10.9. The minimum atomic E-state index is -1.64. The number of aliphatic hydroxyl groups excluding tert-OH is 1. The van der Waals surface area contributed by atoms with E-state index in [-0.39, 0.29) is 0 Å². The van der Waals surface area contributed by atoms with Crippen LogP contribution < -0.4 is 0 Å². The van der Waals surface area contributed by atoms with Crippen LogP contribution in [0.4, 0.5) is 9.59 Å². The molecule has 0 radical (unpaired) electrons. The third kappa shape index (κ3) is 4.23. The van der Waals surface area contributed by atoms with Crippen molar-refractivity contribution in [1.82, 2.24) is 4.98 Å². The van der Waals surface area contributed by atoms with Crippen molar-refractivity contribution in [1.29, 1.82) is 0 Å². The van der Waals surface area contributed by atoms with Crippen LogP contribution in [0.2, 0.25) is 0 Å². The van der Waals surface area contributed by atoms with Crippen LogP contribution in [0.3, 0.4) is 0 Å². The van der Waals surface area contributed by atoms with E-state index in [2.05, 4.69) is 14.5 Å². The van der Waals surface area contributed by atoms with Gasteiger partial charge in [0.2, 0.25) is 0 Å². The van der Waals surface area contributed by atoms with E-state index in [1.807, 2.05) is 18.2 Å². The summed E-state index contributed by atoms with van der Waals surface area (Å²) in [5.41, 5.74) is -0.539. The molecule has 0 amide bonds. The summed E-state index contributed by atoms with van der Waals surface area (Å²) in [6.45, 7) is -0.720. The summed E-state index contributed by atoms with van der Waals surface area (Å²) < 4.78 is 10.4. The molecule has 0 aliphatic rings. The van der Waals surface area contributed by atoms with Crippen molar-refractivity contribution in [3.8, 4) is 0 Å². The first kappa shape index (κ1) is 16.3. The number of carbonyl (C=O) groups is 2. The van der Waals surface area contributed by atoms with Crippen molar-refractivity contribution >= 4 is 45.6 Å². The van der Waals surface area contributed by atoms with Gasteiger partial charge in [0.15, 0.2) is 15.9 Å². The molecule has 1 aromatic carbocycles. The first-order chi connectivity index (χ1) is 10.5. The molecule has 10 heteroatoms. The highest BCUT2D eigenvalue weighted by atomic mass is 32.2. The maximum absolute atomic E-state index is 10.7. The summed E-state index contributed by atoms with van der Waals surface area (Å²) >= 11 is 2.17. The fourth-order valence-electron chi connectivity index (χ4n) is 1.58. The maximum Gasteiger partial charge on any atom is 0.507 e. The van der Waals surface area contributed by atoms with E-state index in [9.17, 15) is 14.7 Å². The Hall–Kier alpha value is -2.04. The van der Waals surface area contributed by atoms with Crippen LogP contribution in [-0.2, 0) is 9.47 Å². The second-order valence-electron chi connectivity index (χ2n) is 3.92. The minimum Gasteiger partial charge on any atom is -0.450 e. The topological polar surface area (TPSA) is 126 Å². The maximum atomic E-state index is 10.7. The van der Waals surface area contributed by atoms with Crippen LogP contribution in [-0.4, -0.2) is 50.8 Å². The van der Waals surface area contributed by atoms with E-state index in [0.29, 0.717) is 4.34 Å². The lowest BCUT2D eigenvalue weighted by Gasteiger charge is -2.21. The van der Waals surface area contributed by atoms with Gasteiger partial charge in [-0.3, -0.25) is 0 Å². The van der Waals surface area contributed by atoms with Gasteiger partial charge in [0.1, 0.15) is 0 Å². The van der Waals surface area contributed by atoms with Gasteiger partial charge in [-0.05, 0) is 23.9 Å². The highest BCUT2D eigenvalue weighted by Gasteiger charge is 2.30. The van der Waals surface area contributed by atoms with Gasteiger partial charge >= 0.3 is 12.3 Å². The van der Waals surface area contributed by atoms with Gasteiger partial charge in [0.25, 0.3) is 0 Å². The number of fused-ring (bicyclic) bond motifs is 1. The molecule has 0 saturated carbocycles. The van der Waals surface area contributed by atoms with E-state index < -0.39 is 30.5 Å². The Balaban J connectivity index is 2.20. The van der Waals surface area contributed by atoms with Crippen molar-refractivity contribution in [2.24, 2.45) is 0 Å². The lowest BCUT2D eigenvalue weighted by Crippen LogP contribution is -2.35. The standard InChI is InChI=1S/C12H11NO7S2/c14-5-7(19-11(15)16)9(20-12(17)18)22-10-13-6-3-1-2-4-8(6)21-10/h1-4,7,9,14H,5H2,(H,15,16)(H,17,18). The molecule has 2 unspecified atom stereocenters. The average Bonchev–Trinajstić information content (AvgIpc) is 2.85. The fourth-order valence-corrected chi connectivity index (χ4v) is 3.80. The van der Waals surface area contributed by atoms with Crippen LogP contribution in [0.15, 0.2) is 28.6 Å². The molecule has 8 nitrogen and oxygen atoms in total. The Bertz CT molecular complexity index is 641. The molecule has 2 rings (SSSR count). The number of carboxylic acid groups (broad SMARTS) is 2. The molecule has 2 aromatic rings. The third-order valence-electron chi connectivity index (χ3n) is 2.44. The monoisotopic (exact) mass is 345 g/mol. The smallest absolute Gasteiger partial charge is 0.450 e. The number of aliphatic hydroxyl groups is 1. The van der Waals surface area contributed by atoms with Crippen LogP contribution in [0.1, 0.15) is 0 Å². The van der Waals surface area contributed by atoms with Gasteiger partial charge in [-0.1, -0.05) is 12.1 Å². The fraction of sp³-hybridized carbons (Fsp3) is 0.250. The quantitative estimate of drug-likeness (QED) is 0.411. The number of thioether (sulfide) groups is 1. The van der Waals surface area contributed by atoms with E-state index >= 15 is 0 Å². The number of rotatable bonds is 6.